The maximum absolute atomic E-state index is 13.3. The molecule has 1 aromatic rings. The normalized spacial score (nSPS) is 24.0. The van der Waals surface area contributed by atoms with Gasteiger partial charge in [0.05, 0.1) is 18.6 Å². The van der Waals surface area contributed by atoms with Crippen LogP contribution in [0.4, 0.5) is 8.78 Å². The van der Waals surface area contributed by atoms with Crippen molar-refractivity contribution in [2.24, 2.45) is 0 Å². The number of rotatable bonds is 4. The monoisotopic (exact) mass is 353 g/mol. The van der Waals surface area contributed by atoms with Gasteiger partial charge >= 0.3 is 0 Å². The minimum Gasteiger partial charge on any atom is -0.391 e. The van der Waals surface area contributed by atoms with Gasteiger partial charge in [-0.1, -0.05) is 0 Å². The summed E-state index contributed by atoms with van der Waals surface area (Å²) in [6.45, 7) is 1.80. The molecular weight excluding hydrogens is 332 g/mol. The molecule has 0 aliphatic carbocycles. The molecule has 8 heteroatoms. The summed E-state index contributed by atoms with van der Waals surface area (Å²) in [6.07, 6.45) is 0.0626. The molecule has 2 aliphatic heterocycles. The first-order valence-electron chi connectivity index (χ1n) is 8.35. The molecule has 0 aromatic heterocycles. The van der Waals surface area contributed by atoms with Gasteiger partial charge in [-0.25, -0.2) is 8.78 Å². The average molecular weight is 353 g/mol. The molecule has 2 N–H and O–H groups in total. The predicted octanol–water partition coefficient (Wildman–Crippen LogP) is 0.248. The molecule has 136 valence electrons. The van der Waals surface area contributed by atoms with Crippen LogP contribution in [0.5, 0.6) is 0 Å². The molecule has 2 atom stereocenters. The van der Waals surface area contributed by atoms with Crippen molar-refractivity contribution in [2.45, 2.75) is 31.5 Å². The van der Waals surface area contributed by atoms with Gasteiger partial charge in [-0.05, 0) is 24.1 Å². The summed E-state index contributed by atoms with van der Waals surface area (Å²) in [7, 11) is 0. The van der Waals surface area contributed by atoms with E-state index in [1.807, 2.05) is 0 Å². The van der Waals surface area contributed by atoms with Gasteiger partial charge in [0.15, 0.2) is 0 Å². The first-order valence-corrected chi connectivity index (χ1v) is 8.35. The number of carbonyl (C=O) groups is 2. The van der Waals surface area contributed by atoms with E-state index >= 15 is 0 Å². The van der Waals surface area contributed by atoms with Crippen LogP contribution in [0.1, 0.15) is 18.4 Å². The Morgan fingerprint density at radius 1 is 1.24 bits per heavy atom. The molecule has 3 rings (SSSR count). The number of nitrogens with zero attached hydrogens (tertiary/aromatic N) is 2. The lowest BCUT2D eigenvalue weighted by Gasteiger charge is -2.33. The summed E-state index contributed by atoms with van der Waals surface area (Å²) in [5.41, 5.74) is 0.375. The van der Waals surface area contributed by atoms with E-state index in [2.05, 4.69) is 5.32 Å². The van der Waals surface area contributed by atoms with Crippen LogP contribution in [0.3, 0.4) is 0 Å². The Kier molecular flexibility index (Phi) is 5.29. The molecule has 6 nitrogen and oxygen atoms in total. The van der Waals surface area contributed by atoms with Gasteiger partial charge in [0, 0.05) is 38.8 Å². The Labute approximate surface area is 144 Å². The van der Waals surface area contributed by atoms with Crippen LogP contribution < -0.4 is 5.32 Å². The molecule has 25 heavy (non-hydrogen) atoms. The number of nitrogens with one attached hydrogen (secondary N) is 1. The molecule has 0 saturated carbocycles. The molecule has 2 fully saturated rings. The molecule has 2 amide bonds. The molecular formula is C17H21F2N3O3. The number of hydrogen-bond donors (Lipinski definition) is 2. The highest BCUT2D eigenvalue weighted by Gasteiger charge is 2.33. The van der Waals surface area contributed by atoms with Crippen molar-refractivity contribution in [3.63, 3.8) is 0 Å². The summed E-state index contributed by atoms with van der Waals surface area (Å²) < 4.78 is 26.6. The third-order valence-electron chi connectivity index (χ3n) is 4.57. The van der Waals surface area contributed by atoms with Gasteiger partial charge in [-0.3, -0.25) is 9.59 Å². The largest absolute Gasteiger partial charge is 0.391 e. The number of halogens is 2. The number of hydrogen-bond acceptors (Lipinski definition) is 4. The van der Waals surface area contributed by atoms with Gasteiger partial charge in [0.1, 0.15) is 11.6 Å². The van der Waals surface area contributed by atoms with Crippen molar-refractivity contribution in [1.29, 1.82) is 0 Å². The van der Waals surface area contributed by atoms with Crippen LogP contribution >= 0.6 is 0 Å². The summed E-state index contributed by atoms with van der Waals surface area (Å²) in [5.74, 6) is -1.81. The first kappa shape index (κ1) is 17.8. The Morgan fingerprint density at radius 2 is 1.96 bits per heavy atom. The molecule has 2 heterocycles. The van der Waals surface area contributed by atoms with Gasteiger partial charge in [0.25, 0.3) is 0 Å². The van der Waals surface area contributed by atoms with Gasteiger partial charge in [-0.15, -0.1) is 0 Å². The number of carbonyl (C=O) groups excluding carboxylic acids is 2. The highest BCUT2D eigenvalue weighted by Crippen LogP contribution is 2.16. The highest BCUT2D eigenvalue weighted by atomic mass is 19.1. The SMILES string of the molecule is O=C(CC1NCCN(Cc2cc(F)cc(F)c2)C1=O)N1CCC(O)C1. The number of amides is 2. The highest BCUT2D eigenvalue weighted by molar-refractivity contribution is 5.89. The summed E-state index contributed by atoms with van der Waals surface area (Å²) in [4.78, 5) is 27.9. The van der Waals surface area contributed by atoms with Crippen molar-refractivity contribution >= 4 is 11.8 Å². The van der Waals surface area contributed by atoms with E-state index in [1.54, 1.807) is 4.90 Å². The Bertz CT molecular complexity index is 650. The topological polar surface area (TPSA) is 72.9 Å². The predicted molar refractivity (Wildman–Crippen MR) is 85.4 cm³/mol. The van der Waals surface area contributed by atoms with Crippen LogP contribution in [-0.2, 0) is 16.1 Å². The fourth-order valence-corrected chi connectivity index (χ4v) is 3.30. The van der Waals surface area contributed by atoms with Gasteiger partial charge in [-0.2, -0.15) is 0 Å². The number of β-amino-alcohol motifs (C(OH)–C–C–N with tert-alkyl or cyclic N) is 1. The number of likely N-dealkylation sites (tertiary alicyclic amines) is 1. The molecule has 2 aliphatic rings. The summed E-state index contributed by atoms with van der Waals surface area (Å²) in [6, 6.07) is 2.53. The molecule has 0 radical (unpaired) electrons. The second-order valence-electron chi connectivity index (χ2n) is 6.53. The van der Waals surface area contributed by atoms with Gasteiger partial charge < -0.3 is 20.2 Å². The van der Waals surface area contributed by atoms with E-state index < -0.39 is 23.8 Å². The van der Waals surface area contributed by atoms with E-state index in [0.29, 0.717) is 38.2 Å². The molecule has 1 aromatic carbocycles. The fourth-order valence-electron chi connectivity index (χ4n) is 3.30. The number of aliphatic hydroxyl groups is 1. The fraction of sp³-hybridized carbons (Fsp3) is 0.529. The van der Waals surface area contributed by atoms with E-state index in [4.69, 9.17) is 0 Å². The lowest BCUT2D eigenvalue weighted by molar-refractivity contribution is -0.141. The lowest BCUT2D eigenvalue weighted by Crippen LogP contribution is -2.56. The zero-order valence-electron chi connectivity index (χ0n) is 13.8. The third kappa shape index (κ3) is 4.32. The Balaban J connectivity index is 1.61. The first-order chi connectivity index (χ1) is 11.9. The number of aliphatic hydroxyl groups excluding tert-OH is 1. The van der Waals surface area contributed by atoms with Gasteiger partial charge in [0.2, 0.25) is 11.8 Å². The van der Waals surface area contributed by atoms with Crippen LogP contribution in [0.25, 0.3) is 0 Å². The second-order valence-corrected chi connectivity index (χ2v) is 6.53. The minimum atomic E-state index is -0.683. The van der Waals surface area contributed by atoms with E-state index in [0.717, 1.165) is 6.07 Å². The van der Waals surface area contributed by atoms with Crippen LogP contribution in [-0.4, -0.2) is 65.0 Å². The van der Waals surface area contributed by atoms with E-state index in [9.17, 15) is 23.5 Å². The maximum atomic E-state index is 13.3. The minimum absolute atomic E-state index is 0.0135. The van der Waals surface area contributed by atoms with Crippen molar-refractivity contribution in [3.05, 3.63) is 35.4 Å². The van der Waals surface area contributed by atoms with Crippen LogP contribution in [0, 0.1) is 11.6 Å². The third-order valence-corrected chi connectivity index (χ3v) is 4.57. The zero-order chi connectivity index (χ0) is 18.0. The van der Waals surface area contributed by atoms with Crippen LogP contribution in [0.2, 0.25) is 0 Å². The molecule has 0 bridgehead atoms. The van der Waals surface area contributed by atoms with Crippen molar-refractivity contribution in [2.75, 3.05) is 26.2 Å². The van der Waals surface area contributed by atoms with Crippen LogP contribution in [0.15, 0.2) is 18.2 Å². The standard InChI is InChI=1S/C17H21F2N3O3/c18-12-5-11(6-13(19)7-12)9-22-4-2-20-15(17(22)25)8-16(24)21-3-1-14(23)10-21/h5-7,14-15,20,23H,1-4,8-10H2. The van der Waals surface area contributed by atoms with Crippen molar-refractivity contribution < 1.29 is 23.5 Å². The van der Waals surface area contributed by atoms with E-state index in [1.165, 1.54) is 17.0 Å². The number of benzene rings is 1. The average Bonchev–Trinajstić information content (AvgIpc) is 2.97. The van der Waals surface area contributed by atoms with Crippen molar-refractivity contribution in [1.82, 2.24) is 15.1 Å². The summed E-state index contributed by atoms with van der Waals surface area (Å²) in [5, 5.41) is 12.5. The Morgan fingerprint density at radius 3 is 2.60 bits per heavy atom. The maximum Gasteiger partial charge on any atom is 0.240 e. The van der Waals surface area contributed by atoms with Crippen molar-refractivity contribution in [3.8, 4) is 0 Å². The second kappa shape index (κ2) is 7.45. The number of piperazine rings is 1. The van der Waals surface area contributed by atoms with E-state index in [-0.39, 0.29) is 24.8 Å². The summed E-state index contributed by atoms with van der Waals surface area (Å²) >= 11 is 0. The quantitative estimate of drug-likeness (QED) is 0.814. The zero-order valence-corrected chi connectivity index (χ0v) is 13.8. The Hall–Kier alpha value is -2.06. The lowest BCUT2D eigenvalue weighted by atomic mass is 10.1. The molecule has 2 saturated heterocycles. The smallest absolute Gasteiger partial charge is 0.240 e. The molecule has 0 spiro atoms. The molecule has 2 unspecified atom stereocenters.